The molecule has 5 rings (SSSR count). The maximum atomic E-state index is 15.1. The number of alkyl halides is 1. The fraction of sp³-hybridized carbons (Fsp3) is 0.375. The Morgan fingerprint density at radius 2 is 2.09 bits per heavy atom. The number of nitrogens with zero attached hydrogens (tertiary/aromatic N) is 5. The van der Waals surface area contributed by atoms with E-state index in [9.17, 15) is 4.79 Å². The van der Waals surface area contributed by atoms with Gasteiger partial charge in [-0.05, 0) is 45.7 Å². The molecule has 0 unspecified atom stereocenters. The Morgan fingerprint density at radius 3 is 2.86 bits per heavy atom. The maximum absolute atomic E-state index is 15.1. The molecule has 1 fully saturated rings. The predicted molar refractivity (Wildman–Crippen MR) is 128 cm³/mol. The smallest absolute Gasteiger partial charge is 0.407 e. The minimum atomic E-state index is -1.32. The second-order valence-electron chi connectivity index (χ2n) is 9.00. The highest BCUT2D eigenvalue weighted by Gasteiger charge is 2.40. The number of anilines is 2. The van der Waals surface area contributed by atoms with E-state index in [2.05, 4.69) is 30.8 Å². The number of ether oxygens (including phenoxy) is 1. The summed E-state index contributed by atoms with van der Waals surface area (Å²) in [6.45, 7) is 5.56. The Kier molecular flexibility index (Phi) is 6.06. The summed E-state index contributed by atoms with van der Waals surface area (Å²) in [5.74, 6) is 0.558. The van der Waals surface area contributed by atoms with E-state index < -0.39 is 24.3 Å². The van der Waals surface area contributed by atoms with Gasteiger partial charge in [0, 0.05) is 42.2 Å². The Morgan fingerprint density at radius 1 is 1.23 bits per heavy atom. The number of H-pyrrole nitrogens is 1. The van der Waals surface area contributed by atoms with Gasteiger partial charge in [0.2, 0.25) is 5.95 Å². The lowest BCUT2D eigenvalue weighted by molar-refractivity contribution is 0.0555. The van der Waals surface area contributed by atoms with Crippen LogP contribution in [0, 0.1) is 6.92 Å². The van der Waals surface area contributed by atoms with Crippen LogP contribution in [0.15, 0.2) is 42.7 Å². The van der Waals surface area contributed by atoms with Crippen LogP contribution in [0.2, 0.25) is 0 Å². The number of pyridine rings is 1. The van der Waals surface area contributed by atoms with Gasteiger partial charge in [0.15, 0.2) is 5.82 Å². The summed E-state index contributed by atoms with van der Waals surface area (Å²) < 4.78 is 22.2. The largest absolute Gasteiger partial charge is 0.443 e. The van der Waals surface area contributed by atoms with E-state index >= 15 is 4.39 Å². The Hall–Kier alpha value is -4.02. The number of amides is 1. The van der Waals surface area contributed by atoms with Crippen LogP contribution in [0.3, 0.4) is 0 Å². The first-order valence-electron chi connectivity index (χ1n) is 11.6. The van der Waals surface area contributed by atoms with Crippen molar-refractivity contribution in [2.75, 3.05) is 5.32 Å². The third kappa shape index (κ3) is 4.79. The molecule has 182 valence electrons. The van der Waals surface area contributed by atoms with E-state index in [0.29, 0.717) is 36.0 Å². The number of halogens is 1. The second-order valence-corrected chi connectivity index (χ2v) is 9.00. The minimum Gasteiger partial charge on any atom is -0.443 e. The molecule has 11 heteroatoms. The molecule has 35 heavy (non-hydrogen) atoms. The summed E-state index contributed by atoms with van der Waals surface area (Å²) in [5.41, 5.74) is 3.58. The molecule has 0 radical (unpaired) electrons. The van der Waals surface area contributed by atoms with Crippen LogP contribution in [0.4, 0.5) is 21.0 Å². The fourth-order valence-corrected chi connectivity index (χ4v) is 4.33. The molecule has 4 aromatic heterocycles. The van der Waals surface area contributed by atoms with Crippen molar-refractivity contribution in [3.05, 3.63) is 54.1 Å². The number of imidazole rings is 1. The average molecular weight is 479 g/mol. The van der Waals surface area contributed by atoms with Crippen LogP contribution in [0.1, 0.15) is 44.0 Å². The zero-order valence-corrected chi connectivity index (χ0v) is 19.7. The number of aryl methyl sites for hydroxylation is 1. The molecule has 10 nitrogen and oxygen atoms in total. The highest BCUT2D eigenvalue weighted by Crippen LogP contribution is 2.38. The average Bonchev–Trinajstić information content (AvgIpc) is 3.52. The summed E-state index contributed by atoms with van der Waals surface area (Å²) in [4.78, 5) is 25.6. The van der Waals surface area contributed by atoms with E-state index in [1.807, 2.05) is 55.6 Å². The van der Waals surface area contributed by atoms with Crippen LogP contribution in [-0.4, -0.2) is 54.0 Å². The third-order valence-corrected chi connectivity index (χ3v) is 5.91. The van der Waals surface area contributed by atoms with E-state index in [4.69, 9.17) is 9.72 Å². The van der Waals surface area contributed by atoms with Crippen LogP contribution >= 0.6 is 0 Å². The van der Waals surface area contributed by atoms with Crippen molar-refractivity contribution < 1.29 is 13.9 Å². The van der Waals surface area contributed by atoms with Gasteiger partial charge in [-0.1, -0.05) is 6.07 Å². The van der Waals surface area contributed by atoms with E-state index in [1.54, 1.807) is 12.3 Å². The van der Waals surface area contributed by atoms with Crippen molar-refractivity contribution in [3.63, 3.8) is 0 Å². The third-order valence-electron chi connectivity index (χ3n) is 5.91. The maximum Gasteiger partial charge on any atom is 0.407 e. The van der Waals surface area contributed by atoms with Gasteiger partial charge in [-0.15, -0.1) is 0 Å². The summed E-state index contributed by atoms with van der Waals surface area (Å²) in [5, 5.41) is 13.1. The number of carbonyl (C=O) groups is 1. The molecule has 3 atom stereocenters. The van der Waals surface area contributed by atoms with Gasteiger partial charge in [-0.2, -0.15) is 5.10 Å². The summed E-state index contributed by atoms with van der Waals surface area (Å²) in [6.07, 6.45) is 1.86. The number of hydrogen-bond donors (Lipinski definition) is 3. The topological polar surface area (TPSA) is 122 Å². The molecule has 0 saturated heterocycles. The highest BCUT2D eigenvalue weighted by molar-refractivity contribution is 5.68. The lowest BCUT2D eigenvalue weighted by atomic mass is 10.0. The van der Waals surface area contributed by atoms with Crippen molar-refractivity contribution >= 4 is 23.5 Å². The van der Waals surface area contributed by atoms with Gasteiger partial charge < -0.3 is 15.4 Å². The highest BCUT2D eigenvalue weighted by atomic mass is 19.1. The van der Waals surface area contributed by atoms with E-state index in [1.165, 1.54) is 0 Å². The van der Waals surface area contributed by atoms with Gasteiger partial charge in [0.25, 0.3) is 0 Å². The Labute approximate surface area is 201 Å². The minimum absolute atomic E-state index is 0.0745. The van der Waals surface area contributed by atoms with Crippen LogP contribution in [0.5, 0.6) is 0 Å². The molecule has 0 aliphatic heterocycles. The van der Waals surface area contributed by atoms with E-state index in [-0.39, 0.29) is 6.04 Å². The standard InChI is InChI=1S/C24H27FN8O2/c1-13(2)27-24(34)35-19-8-7-15(22(19)25)17-10-20(32-31-17)30-23-29-18(16-6-4-5-9-26-16)11-21-28-14(3)12-33(21)23/h4-6,9-13,15,19,22H,7-8H2,1-3H3,(H,27,34)(H2,29,30,31,32)/t15-,19-,22+/m0/s1. The van der Waals surface area contributed by atoms with Crippen LogP contribution in [0.25, 0.3) is 17.0 Å². The van der Waals surface area contributed by atoms with Gasteiger partial charge in [0.1, 0.15) is 17.9 Å². The SMILES string of the molecule is Cc1cn2c(Nc3cc([C@@H]4CC[C@H](OC(=O)NC(C)C)[C@@H]4F)[nH]n3)nc(-c3ccccn3)cc2n1. The van der Waals surface area contributed by atoms with Crippen molar-refractivity contribution in [2.45, 2.75) is 57.8 Å². The number of aromatic amines is 1. The molecule has 1 saturated carbocycles. The molecule has 4 aromatic rings. The van der Waals surface area contributed by atoms with Crippen LogP contribution < -0.4 is 10.6 Å². The molecule has 4 heterocycles. The molecule has 0 bridgehead atoms. The lowest BCUT2D eigenvalue weighted by Gasteiger charge is -2.18. The van der Waals surface area contributed by atoms with Crippen molar-refractivity contribution in [3.8, 4) is 11.4 Å². The normalized spacial score (nSPS) is 19.9. The molecular weight excluding hydrogens is 451 g/mol. The zero-order chi connectivity index (χ0) is 24.5. The van der Waals surface area contributed by atoms with Crippen molar-refractivity contribution in [2.24, 2.45) is 0 Å². The number of carbonyl (C=O) groups excluding carboxylic acids is 1. The molecule has 1 aliphatic rings. The summed E-state index contributed by atoms with van der Waals surface area (Å²) >= 11 is 0. The number of rotatable bonds is 6. The second kappa shape index (κ2) is 9.32. The van der Waals surface area contributed by atoms with Gasteiger partial charge in [-0.25, -0.2) is 19.2 Å². The Bertz CT molecular complexity index is 1340. The molecule has 0 aromatic carbocycles. The quantitative estimate of drug-likeness (QED) is 0.378. The summed E-state index contributed by atoms with van der Waals surface area (Å²) in [6, 6.07) is 9.19. The first-order chi connectivity index (χ1) is 16.9. The number of hydrogen-bond acceptors (Lipinski definition) is 7. The fourth-order valence-electron chi connectivity index (χ4n) is 4.33. The monoisotopic (exact) mass is 478 g/mol. The number of alkyl carbamates (subject to hydrolysis) is 1. The number of aromatic nitrogens is 6. The number of fused-ring (bicyclic) bond motifs is 1. The van der Waals surface area contributed by atoms with Gasteiger partial charge in [0.05, 0.1) is 17.1 Å². The Balaban J connectivity index is 1.36. The van der Waals surface area contributed by atoms with Gasteiger partial charge in [-0.3, -0.25) is 14.5 Å². The van der Waals surface area contributed by atoms with Crippen LogP contribution in [-0.2, 0) is 4.74 Å². The predicted octanol–water partition coefficient (Wildman–Crippen LogP) is 4.29. The lowest BCUT2D eigenvalue weighted by Crippen LogP contribution is -2.36. The number of nitrogens with one attached hydrogen (secondary N) is 3. The molecule has 1 amide bonds. The van der Waals surface area contributed by atoms with Gasteiger partial charge >= 0.3 is 6.09 Å². The molecule has 0 spiro atoms. The van der Waals surface area contributed by atoms with Crippen molar-refractivity contribution in [1.82, 2.24) is 34.9 Å². The molecular formula is C24H27FN8O2. The first kappa shape index (κ1) is 22.8. The summed E-state index contributed by atoms with van der Waals surface area (Å²) in [7, 11) is 0. The van der Waals surface area contributed by atoms with E-state index in [0.717, 1.165) is 17.0 Å². The zero-order valence-electron chi connectivity index (χ0n) is 19.7. The molecule has 3 N–H and O–H groups in total. The first-order valence-corrected chi connectivity index (χ1v) is 11.6. The molecule has 1 aliphatic carbocycles. The van der Waals surface area contributed by atoms with Crippen molar-refractivity contribution in [1.29, 1.82) is 0 Å².